The van der Waals surface area contributed by atoms with Gasteiger partial charge in [0.1, 0.15) is 12.1 Å². The van der Waals surface area contributed by atoms with Crippen LogP contribution in [0.1, 0.15) is 34.3 Å². The molecule has 44 heavy (non-hydrogen) atoms. The molecule has 4 saturated heterocycles. The Labute approximate surface area is 255 Å². The van der Waals surface area contributed by atoms with E-state index in [1.807, 2.05) is 131 Å². The van der Waals surface area contributed by atoms with Crippen molar-refractivity contribution in [3.05, 3.63) is 144 Å². The average Bonchev–Trinajstić information content (AvgIpc) is 3.72. The minimum Gasteiger partial charge on any atom is -0.276 e. The van der Waals surface area contributed by atoms with E-state index in [1.54, 1.807) is 0 Å². The average molecular weight is 583 g/mol. The van der Waals surface area contributed by atoms with Crippen LogP contribution in [-0.4, -0.2) is 55.5 Å². The Hall–Kier alpha value is -4.92. The lowest BCUT2D eigenvalue weighted by molar-refractivity contribution is -0.153. The van der Waals surface area contributed by atoms with E-state index in [0.29, 0.717) is 0 Å². The summed E-state index contributed by atoms with van der Waals surface area (Å²) in [5.41, 5.74) is 3.40. The van der Waals surface area contributed by atoms with Crippen molar-refractivity contribution in [1.82, 2.24) is 19.8 Å². The Bertz CT molecular complexity index is 1620. The van der Waals surface area contributed by atoms with Crippen molar-refractivity contribution in [2.24, 2.45) is 11.8 Å². The molecule has 0 bridgehead atoms. The molecule has 0 radical (unpaired) electrons. The third kappa shape index (κ3) is 3.91. The smallest absolute Gasteiger partial charge is 0.249 e. The van der Waals surface area contributed by atoms with E-state index >= 15 is 0 Å². The van der Waals surface area contributed by atoms with Crippen molar-refractivity contribution in [2.45, 2.75) is 37.3 Å². The first-order valence-corrected chi connectivity index (χ1v) is 15.0. The molecule has 4 aliphatic rings. The molecule has 0 aromatic heterocycles. The van der Waals surface area contributed by atoms with Gasteiger partial charge in [0, 0.05) is 0 Å². The highest BCUT2D eigenvalue weighted by molar-refractivity contribution is 6.10. The van der Waals surface area contributed by atoms with Crippen LogP contribution in [0.25, 0.3) is 0 Å². The Morgan fingerprint density at radius 2 is 0.705 bits per heavy atom. The molecule has 4 amide bonds. The van der Waals surface area contributed by atoms with Gasteiger partial charge in [0.15, 0.2) is 0 Å². The van der Waals surface area contributed by atoms with E-state index in [9.17, 15) is 19.2 Å². The van der Waals surface area contributed by atoms with Crippen molar-refractivity contribution < 1.29 is 19.2 Å². The van der Waals surface area contributed by atoms with Crippen LogP contribution in [0, 0.1) is 11.8 Å². The molecule has 4 aromatic carbocycles. The van der Waals surface area contributed by atoms with E-state index in [1.165, 1.54) is 9.80 Å². The molecule has 0 saturated carbocycles. The van der Waals surface area contributed by atoms with Crippen LogP contribution in [0.4, 0.5) is 0 Å². The summed E-state index contributed by atoms with van der Waals surface area (Å²) in [4.78, 5) is 60.0. The molecule has 0 spiro atoms. The first-order valence-electron chi connectivity index (χ1n) is 15.0. The van der Waals surface area contributed by atoms with Crippen LogP contribution in [0.15, 0.2) is 121 Å². The topological polar surface area (TPSA) is 81.2 Å². The number of benzene rings is 4. The van der Waals surface area contributed by atoms with Gasteiger partial charge in [-0.15, -0.1) is 0 Å². The van der Waals surface area contributed by atoms with E-state index in [4.69, 9.17) is 0 Å². The number of imide groups is 2. The molecule has 4 aliphatic heterocycles. The molecular formula is C36H30N4O4. The SMILES string of the molecule is O=C1[C@H]2[C@@H](C(=O)N1Cc1ccccc1)N1[C@@H](c3ccccc3)[C@H]3C(=O)N(Cc4ccccc4)C(=O)[C@H]3N1[C@@H]2c1ccccc1. The maximum atomic E-state index is 14.3. The summed E-state index contributed by atoms with van der Waals surface area (Å²) in [5, 5.41) is 3.85. The van der Waals surface area contributed by atoms with Gasteiger partial charge in [-0.1, -0.05) is 121 Å². The standard InChI is InChI=1S/C36H30N4O4/c41-33-27-29(25-17-9-3-10-18-25)40-32-28(34(42)38(36(32)44)22-24-15-7-2-8-16-24)30(26-19-11-4-12-20-26)39(40)31(27)35(43)37(33)21-23-13-5-1-6-14-23/h1-20,27-32H,21-22H2/t27-,28-,29-,30+,31+,32+/m1/s1. The number of hydrogen-bond acceptors (Lipinski definition) is 6. The highest BCUT2D eigenvalue weighted by Gasteiger charge is 2.73. The Morgan fingerprint density at radius 1 is 0.386 bits per heavy atom. The normalized spacial score (nSPS) is 28.1. The molecule has 8 rings (SSSR count). The summed E-state index contributed by atoms with van der Waals surface area (Å²) in [6, 6.07) is 35.3. The largest absolute Gasteiger partial charge is 0.276 e. The molecule has 0 unspecified atom stereocenters. The first-order chi connectivity index (χ1) is 21.5. The van der Waals surface area contributed by atoms with Crippen molar-refractivity contribution >= 4 is 23.6 Å². The third-order valence-corrected chi connectivity index (χ3v) is 9.56. The summed E-state index contributed by atoms with van der Waals surface area (Å²) in [6.45, 7) is 0.346. The summed E-state index contributed by atoms with van der Waals surface area (Å²) >= 11 is 0. The number of fused-ring (bicyclic) bond motifs is 5. The molecule has 218 valence electrons. The molecule has 0 aliphatic carbocycles. The fraction of sp³-hybridized carbons (Fsp3) is 0.222. The summed E-state index contributed by atoms with van der Waals surface area (Å²) < 4.78 is 0. The lowest BCUT2D eigenvalue weighted by atomic mass is 9.84. The maximum absolute atomic E-state index is 14.3. The Balaban J connectivity index is 1.26. The number of hydrogen-bond donors (Lipinski definition) is 0. The number of amides is 4. The molecule has 4 aromatic rings. The minimum absolute atomic E-state index is 0.173. The number of carbonyl (C=O) groups excluding carboxylic acids is 4. The van der Waals surface area contributed by atoms with Crippen LogP contribution < -0.4 is 0 Å². The van der Waals surface area contributed by atoms with Crippen molar-refractivity contribution in [3.63, 3.8) is 0 Å². The zero-order valence-electron chi connectivity index (χ0n) is 23.8. The van der Waals surface area contributed by atoms with Crippen molar-refractivity contribution in [2.75, 3.05) is 0 Å². The van der Waals surface area contributed by atoms with Gasteiger partial charge >= 0.3 is 0 Å². The van der Waals surface area contributed by atoms with Crippen molar-refractivity contribution in [3.8, 4) is 0 Å². The van der Waals surface area contributed by atoms with Gasteiger partial charge in [-0.2, -0.15) is 0 Å². The second kappa shape index (κ2) is 10.4. The van der Waals surface area contributed by atoms with Gasteiger partial charge in [-0.3, -0.25) is 29.0 Å². The van der Waals surface area contributed by atoms with Crippen LogP contribution in [0.2, 0.25) is 0 Å². The lowest BCUT2D eigenvalue weighted by Gasteiger charge is -2.35. The van der Waals surface area contributed by atoms with E-state index in [-0.39, 0.29) is 36.7 Å². The molecule has 0 N–H and O–H groups in total. The van der Waals surface area contributed by atoms with Crippen molar-refractivity contribution in [1.29, 1.82) is 0 Å². The summed E-state index contributed by atoms with van der Waals surface area (Å²) in [7, 11) is 0. The first kappa shape index (κ1) is 26.7. The van der Waals surface area contributed by atoms with Crippen LogP contribution in [-0.2, 0) is 32.3 Å². The number of likely N-dealkylation sites (tertiary alicyclic amines) is 2. The fourth-order valence-electron chi connectivity index (χ4n) is 7.76. The van der Waals surface area contributed by atoms with Gasteiger partial charge in [0.25, 0.3) is 0 Å². The zero-order valence-corrected chi connectivity index (χ0v) is 23.8. The second-order valence-electron chi connectivity index (χ2n) is 11.9. The zero-order chi connectivity index (χ0) is 29.9. The Kier molecular flexibility index (Phi) is 6.29. The predicted molar refractivity (Wildman–Crippen MR) is 161 cm³/mol. The number of rotatable bonds is 6. The second-order valence-corrected chi connectivity index (χ2v) is 11.9. The predicted octanol–water partition coefficient (Wildman–Crippen LogP) is 4.12. The molecular weight excluding hydrogens is 552 g/mol. The van der Waals surface area contributed by atoms with Crippen LogP contribution in [0.5, 0.6) is 0 Å². The van der Waals surface area contributed by atoms with E-state index in [2.05, 4.69) is 0 Å². The molecule has 4 heterocycles. The van der Waals surface area contributed by atoms with E-state index < -0.39 is 36.0 Å². The van der Waals surface area contributed by atoms with Gasteiger partial charge in [-0.05, 0) is 22.3 Å². The van der Waals surface area contributed by atoms with Crippen LogP contribution >= 0.6 is 0 Å². The third-order valence-electron chi connectivity index (χ3n) is 9.56. The maximum Gasteiger partial charge on any atom is 0.249 e. The Morgan fingerprint density at radius 3 is 1.05 bits per heavy atom. The van der Waals surface area contributed by atoms with Gasteiger partial charge in [-0.25, -0.2) is 10.0 Å². The molecule has 4 fully saturated rings. The fourth-order valence-corrected chi connectivity index (χ4v) is 7.76. The quantitative estimate of drug-likeness (QED) is 0.318. The molecule has 8 nitrogen and oxygen atoms in total. The van der Waals surface area contributed by atoms with Gasteiger partial charge < -0.3 is 0 Å². The van der Waals surface area contributed by atoms with Gasteiger partial charge in [0.2, 0.25) is 23.6 Å². The lowest BCUT2D eigenvalue weighted by Crippen LogP contribution is -2.49. The molecule has 6 atom stereocenters. The monoisotopic (exact) mass is 582 g/mol. The summed E-state index contributed by atoms with van der Waals surface area (Å²) in [6.07, 6.45) is 0. The van der Waals surface area contributed by atoms with Gasteiger partial charge in [0.05, 0.1) is 37.0 Å². The number of carbonyl (C=O) groups is 4. The summed E-state index contributed by atoms with van der Waals surface area (Å²) in [5.74, 6) is -2.57. The highest BCUT2D eigenvalue weighted by atomic mass is 16.2. The number of nitrogens with zero attached hydrogens (tertiary/aromatic N) is 4. The molecule has 8 heteroatoms. The highest BCUT2D eigenvalue weighted by Crippen LogP contribution is 2.59. The number of hydrazine groups is 1. The van der Waals surface area contributed by atoms with E-state index in [0.717, 1.165) is 22.3 Å². The van der Waals surface area contributed by atoms with Crippen LogP contribution in [0.3, 0.4) is 0 Å². The minimum atomic E-state index is -0.838.